The molecule has 4 rings (SSSR count). The van der Waals surface area contributed by atoms with E-state index in [1.54, 1.807) is 12.4 Å². The number of carbonyl (C=O) groups is 1. The van der Waals surface area contributed by atoms with E-state index < -0.39 is 0 Å². The molecule has 0 aromatic carbocycles. The molecule has 2 bridgehead atoms. The van der Waals surface area contributed by atoms with Gasteiger partial charge >= 0.3 is 6.09 Å². The molecule has 136 valence electrons. The highest BCUT2D eigenvalue weighted by Crippen LogP contribution is 2.38. The number of likely N-dealkylation sites (tertiary alicyclic amines) is 1. The Morgan fingerprint density at radius 3 is 2.32 bits per heavy atom. The van der Waals surface area contributed by atoms with Gasteiger partial charge in [-0.15, -0.1) is 0 Å². The van der Waals surface area contributed by atoms with E-state index in [1.807, 2.05) is 17.0 Å². The molecule has 25 heavy (non-hydrogen) atoms. The number of nitrogens with zero attached hydrogens (tertiary/aromatic N) is 3. The predicted octanol–water partition coefficient (Wildman–Crippen LogP) is 2.69. The molecule has 1 aromatic heterocycles. The van der Waals surface area contributed by atoms with Crippen LogP contribution in [-0.4, -0.2) is 65.3 Å². The van der Waals surface area contributed by atoms with Crippen molar-refractivity contribution < 1.29 is 14.3 Å². The molecule has 0 spiro atoms. The number of amides is 1. The van der Waals surface area contributed by atoms with Crippen LogP contribution in [0.1, 0.15) is 38.5 Å². The molecule has 3 saturated heterocycles. The fourth-order valence-electron chi connectivity index (χ4n) is 4.44. The van der Waals surface area contributed by atoms with Gasteiger partial charge in [0.25, 0.3) is 0 Å². The second-order valence-corrected chi connectivity index (χ2v) is 7.57. The van der Waals surface area contributed by atoms with Crippen LogP contribution in [0.2, 0.25) is 0 Å². The Balaban J connectivity index is 1.33. The van der Waals surface area contributed by atoms with Crippen LogP contribution in [-0.2, 0) is 4.74 Å². The zero-order valence-corrected chi connectivity index (χ0v) is 14.8. The van der Waals surface area contributed by atoms with Gasteiger partial charge in [-0.2, -0.15) is 0 Å². The Hall–Kier alpha value is -1.82. The van der Waals surface area contributed by atoms with Gasteiger partial charge in [-0.25, -0.2) is 4.79 Å². The number of aromatic nitrogens is 1. The molecule has 6 nitrogen and oxygen atoms in total. The van der Waals surface area contributed by atoms with Crippen LogP contribution >= 0.6 is 0 Å². The van der Waals surface area contributed by atoms with Crippen LogP contribution in [0.3, 0.4) is 0 Å². The summed E-state index contributed by atoms with van der Waals surface area (Å²) in [6, 6.07) is 4.29. The predicted molar refractivity (Wildman–Crippen MR) is 93.5 cm³/mol. The van der Waals surface area contributed by atoms with Crippen molar-refractivity contribution in [3.8, 4) is 5.75 Å². The molecule has 6 heteroatoms. The summed E-state index contributed by atoms with van der Waals surface area (Å²) in [6.07, 6.45) is 9.43. The first-order valence-corrected chi connectivity index (χ1v) is 9.43. The molecule has 2 unspecified atom stereocenters. The minimum Gasteiger partial charge on any atom is -0.490 e. The number of hydrogen-bond acceptors (Lipinski definition) is 5. The minimum atomic E-state index is -0.107. The Morgan fingerprint density at radius 2 is 1.68 bits per heavy atom. The number of rotatable bonds is 3. The van der Waals surface area contributed by atoms with Gasteiger partial charge in [0.05, 0.1) is 0 Å². The van der Waals surface area contributed by atoms with Gasteiger partial charge in [-0.3, -0.25) is 4.98 Å². The van der Waals surface area contributed by atoms with Crippen molar-refractivity contribution in [1.29, 1.82) is 0 Å². The molecule has 4 heterocycles. The Labute approximate surface area is 149 Å². The molecule has 1 aromatic rings. The van der Waals surface area contributed by atoms with Gasteiger partial charge in [0.2, 0.25) is 0 Å². The van der Waals surface area contributed by atoms with Crippen molar-refractivity contribution in [1.82, 2.24) is 14.8 Å². The van der Waals surface area contributed by atoms with Crippen molar-refractivity contribution in [3.63, 3.8) is 0 Å². The second kappa shape index (κ2) is 7.20. The summed E-state index contributed by atoms with van der Waals surface area (Å²) < 4.78 is 11.9. The summed E-state index contributed by atoms with van der Waals surface area (Å²) in [5, 5.41) is 0. The van der Waals surface area contributed by atoms with E-state index in [1.165, 1.54) is 0 Å². The zero-order chi connectivity index (χ0) is 17.2. The van der Waals surface area contributed by atoms with E-state index in [4.69, 9.17) is 9.47 Å². The fourth-order valence-corrected chi connectivity index (χ4v) is 4.44. The van der Waals surface area contributed by atoms with Crippen LogP contribution in [0.15, 0.2) is 24.5 Å². The second-order valence-electron chi connectivity index (χ2n) is 7.57. The maximum Gasteiger partial charge on any atom is 0.410 e. The fraction of sp³-hybridized carbons (Fsp3) is 0.684. The first-order chi connectivity index (χ1) is 12.2. The Morgan fingerprint density at radius 1 is 1.04 bits per heavy atom. The molecule has 3 fully saturated rings. The van der Waals surface area contributed by atoms with E-state index in [0.717, 1.165) is 57.4 Å². The average molecular weight is 345 g/mol. The van der Waals surface area contributed by atoms with Gasteiger partial charge in [0, 0.05) is 50.4 Å². The molecule has 3 aliphatic heterocycles. The lowest BCUT2D eigenvalue weighted by atomic mass is 10.00. The molecule has 0 radical (unpaired) electrons. The number of hydrogen-bond donors (Lipinski definition) is 0. The molecule has 0 aliphatic carbocycles. The first kappa shape index (κ1) is 16.6. The molecular weight excluding hydrogens is 318 g/mol. The van der Waals surface area contributed by atoms with Gasteiger partial charge in [0.15, 0.2) is 0 Å². The van der Waals surface area contributed by atoms with E-state index in [2.05, 4.69) is 16.9 Å². The topological polar surface area (TPSA) is 54.9 Å². The zero-order valence-electron chi connectivity index (χ0n) is 14.8. The van der Waals surface area contributed by atoms with Gasteiger partial charge < -0.3 is 19.3 Å². The number of carbonyl (C=O) groups excluding carboxylic acids is 1. The third-order valence-corrected chi connectivity index (χ3v) is 5.79. The highest BCUT2D eigenvalue weighted by Gasteiger charge is 2.45. The van der Waals surface area contributed by atoms with Crippen molar-refractivity contribution in [3.05, 3.63) is 24.5 Å². The summed E-state index contributed by atoms with van der Waals surface area (Å²) in [5.74, 6) is 0.863. The quantitative estimate of drug-likeness (QED) is 0.843. The third kappa shape index (κ3) is 3.73. The number of fused-ring (bicyclic) bond motifs is 2. The molecule has 0 N–H and O–H groups in total. The van der Waals surface area contributed by atoms with Gasteiger partial charge in [-0.05, 0) is 44.9 Å². The third-order valence-electron chi connectivity index (χ3n) is 5.79. The highest BCUT2D eigenvalue weighted by molar-refractivity contribution is 5.69. The maximum atomic E-state index is 12.7. The van der Waals surface area contributed by atoms with E-state index in [9.17, 15) is 4.79 Å². The summed E-state index contributed by atoms with van der Waals surface area (Å²) >= 11 is 0. The SMILES string of the molecule is CN1CCC(OC(=O)N2C3CCC2CC(Oc2ccncc2)C3)CC1. The normalized spacial score (nSPS) is 30.3. The first-order valence-electron chi connectivity index (χ1n) is 9.43. The lowest BCUT2D eigenvalue weighted by Gasteiger charge is -2.39. The summed E-state index contributed by atoms with van der Waals surface area (Å²) in [6.45, 7) is 2.01. The van der Waals surface area contributed by atoms with E-state index >= 15 is 0 Å². The Bertz CT molecular complexity index is 575. The Kier molecular flexibility index (Phi) is 4.79. The molecular formula is C19H27N3O3. The maximum absolute atomic E-state index is 12.7. The monoisotopic (exact) mass is 345 g/mol. The van der Waals surface area contributed by atoms with Crippen LogP contribution in [0, 0.1) is 0 Å². The number of pyridine rings is 1. The van der Waals surface area contributed by atoms with E-state index in [-0.39, 0.29) is 30.4 Å². The molecule has 0 saturated carbocycles. The van der Waals surface area contributed by atoms with Crippen molar-refractivity contribution in [2.75, 3.05) is 20.1 Å². The van der Waals surface area contributed by atoms with Crippen LogP contribution in [0.25, 0.3) is 0 Å². The smallest absolute Gasteiger partial charge is 0.410 e. The van der Waals surface area contributed by atoms with Crippen LogP contribution in [0.5, 0.6) is 5.75 Å². The van der Waals surface area contributed by atoms with Gasteiger partial charge in [-0.1, -0.05) is 0 Å². The largest absolute Gasteiger partial charge is 0.490 e. The van der Waals surface area contributed by atoms with Gasteiger partial charge in [0.1, 0.15) is 18.0 Å². The number of piperidine rings is 2. The standard InChI is InChI=1S/C19H27N3O3/c1-21-10-6-17(7-11-21)25-19(23)22-14-2-3-15(22)13-18(12-14)24-16-4-8-20-9-5-16/h4-5,8-9,14-15,17-18H,2-3,6-7,10-13H2,1H3. The van der Waals surface area contributed by atoms with Crippen LogP contribution in [0.4, 0.5) is 4.79 Å². The highest BCUT2D eigenvalue weighted by atomic mass is 16.6. The molecule has 3 aliphatic rings. The summed E-state index contributed by atoms with van der Waals surface area (Å²) in [7, 11) is 2.12. The summed E-state index contributed by atoms with van der Waals surface area (Å²) in [4.78, 5) is 21.0. The van der Waals surface area contributed by atoms with Crippen molar-refractivity contribution >= 4 is 6.09 Å². The van der Waals surface area contributed by atoms with Crippen molar-refractivity contribution in [2.45, 2.75) is 62.8 Å². The van der Waals surface area contributed by atoms with E-state index in [0.29, 0.717) is 0 Å². The molecule has 1 amide bonds. The lowest BCUT2D eigenvalue weighted by molar-refractivity contribution is 0.000635. The number of ether oxygens (including phenoxy) is 2. The minimum absolute atomic E-state index is 0.0777. The average Bonchev–Trinajstić information content (AvgIpc) is 2.89. The van der Waals surface area contributed by atoms with Crippen LogP contribution < -0.4 is 4.74 Å². The van der Waals surface area contributed by atoms with Crippen molar-refractivity contribution in [2.24, 2.45) is 0 Å². The molecule has 2 atom stereocenters. The lowest BCUT2D eigenvalue weighted by Crippen LogP contribution is -2.50. The summed E-state index contributed by atoms with van der Waals surface area (Å²) in [5.41, 5.74) is 0.